The van der Waals surface area contributed by atoms with Crippen LogP contribution >= 0.6 is 0 Å². The maximum absolute atomic E-state index is 13.3. The zero-order valence-corrected chi connectivity index (χ0v) is 7.40. The van der Waals surface area contributed by atoms with Gasteiger partial charge in [-0.05, 0) is 12.1 Å². The number of carbonyl (C=O) groups excluding carboxylic acids is 1. The van der Waals surface area contributed by atoms with Gasteiger partial charge in [0, 0.05) is 5.56 Å². The van der Waals surface area contributed by atoms with Crippen molar-refractivity contribution < 1.29 is 24.0 Å². The van der Waals surface area contributed by atoms with E-state index in [1.165, 1.54) is 19.2 Å². The summed E-state index contributed by atoms with van der Waals surface area (Å²) in [5.74, 6) is -0.988. The minimum atomic E-state index is -2.01. The first-order valence-corrected chi connectivity index (χ1v) is 3.79. The Morgan fingerprint density at radius 3 is 2.57 bits per heavy atom. The van der Waals surface area contributed by atoms with Crippen molar-refractivity contribution >= 4 is 18.9 Å². The number of ether oxygens (including phenoxy) is 1. The molecule has 0 saturated carbocycles. The second-order valence-electron chi connectivity index (χ2n) is 2.58. The third kappa shape index (κ3) is 1.76. The molecule has 0 atom stereocenters. The average molecular weight is 198 g/mol. The summed E-state index contributed by atoms with van der Waals surface area (Å²) in [6.07, 6.45) is 0.292. The molecule has 2 N–H and O–H groups in total. The summed E-state index contributed by atoms with van der Waals surface area (Å²) in [5, 5.41) is 17.7. The van der Waals surface area contributed by atoms with Crippen molar-refractivity contribution in [2.45, 2.75) is 0 Å². The highest BCUT2D eigenvalue weighted by atomic mass is 19.1. The van der Waals surface area contributed by atoms with Crippen molar-refractivity contribution in [1.82, 2.24) is 0 Å². The maximum atomic E-state index is 13.3. The summed E-state index contributed by atoms with van der Waals surface area (Å²) < 4.78 is 18.1. The van der Waals surface area contributed by atoms with E-state index in [1.807, 2.05) is 0 Å². The van der Waals surface area contributed by atoms with Crippen LogP contribution in [-0.2, 0) is 0 Å². The van der Waals surface area contributed by atoms with Crippen molar-refractivity contribution in [3.05, 3.63) is 23.5 Å². The summed E-state index contributed by atoms with van der Waals surface area (Å²) >= 11 is 0. The lowest BCUT2D eigenvalue weighted by Gasteiger charge is -2.09. The molecule has 0 unspecified atom stereocenters. The molecule has 1 rings (SSSR count). The zero-order valence-electron chi connectivity index (χ0n) is 7.40. The van der Waals surface area contributed by atoms with Gasteiger partial charge in [-0.3, -0.25) is 4.79 Å². The monoisotopic (exact) mass is 198 g/mol. The molecule has 0 aliphatic carbocycles. The molecule has 0 radical (unpaired) electrons. The number of rotatable bonds is 3. The molecule has 0 amide bonds. The topological polar surface area (TPSA) is 66.8 Å². The third-order valence-electron chi connectivity index (χ3n) is 1.77. The van der Waals surface area contributed by atoms with Gasteiger partial charge in [-0.15, -0.1) is 0 Å². The molecule has 0 aliphatic rings. The molecular formula is C8H8BFO4. The van der Waals surface area contributed by atoms with E-state index in [9.17, 15) is 9.18 Å². The normalized spacial score (nSPS) is 9.71. The molecule has 1 aromatic carbocycles. The molecule has 0 heterocycles. The van der Waals surface area contributed by atoms with E-state index in [0.717, 1.165) is 0 Å². The van der Waals surface area contributed by atoms with Crippen LogP contribution in [0.1, 0.15) is 10.4 Å². The van der Waals surface area contributed by atoms with Crippen molar-refractivity contribution in [2.24, 2.45) is 0 Å². The summed E-state index contributed by atoms with van der Waals surface area (Å²) in [5.41, 5.74) is -0.675. The Kier molecular flexibility index (Phi) is 3.21. The van der Waals surface area contributed by atoms with Crippen LogP contribution in [0.25, 0.3) is 0 Å². The SMILES string of the molecule is COc1ccc(C=O)c(F)c1B(O)O. The molecule has 0 spiro atoms. The predicted molar refractivity (Wildman–Crippen MR) is 48.2 cm³/mol. The first-order chi connectivity index (χ1) is 6.61. The van der Waals surface area contributed by atoms with Gasteiger partial charge < -0.3 is 14.8 Å². The summed E-state index contributed by atoms with van der Waals surface area (Å²) in [6, 6.07) is 2.49. The Hall–Kier alpha value is -1.40. The lowest BCUT2D eigenvalue weighted by Crippen LogP contribution is -2.34. The van der Waals surface area contributed by atoms with Crippen LogP contribution in [0.3, 0.4) is 0 Å². The lowest BCUT2D eigenvalue weighted by atomic mass is 9.78. The third-order valence-corrected chi connectivity index (χ3v) is 1.77. The van der Waals surface area contributed by atoms with Crippen LogP contribution in [0.4, 0.5) is 4.39 Å². The molecule has 0 aromatic heterocycles. The van der Waals surface area contributed by atoms with Gasteiger partial charge in [-0.25, -0.2) is 4.39 Å². The lowest BCUT2D eigenvalue weighted by molar-refractivity contribution is 0.112. The van der Waals surface area contributed by atoms with E-state index in [2.05, 4.69) is 0 Å². The zero-order chi connectivity index (χ0) is 10.7. The van der Waals surface area contributed by atoms with Crippen molar-refractivity contribution in [3.63, 3.8) is 0 Å². The number of methoxy groups -OCH3 is 1. The summed E-state index contributed by atoms with van der Waals surface area (Å²) in [6.45, 7) is 0. The van der Waals surface area contributed by atoms with Crippen LogP contribution in [0.2, 0.25) is 0 Å². The van der Waals surface area contributed by atoms with Gasteiger partial charge in [0.1, 0.15) is 11.6 Å². The molecule has 0 saturated heterocycles. The highest BCUT2D eigenvalue weighted by molar-refractivity contribution is 6.60. The van der Waals surface area contributed by atoms with Crippen molar-refractivity contribution in [2.75, 3.05) is 7.11 Å². The number of halogens is 1. The van der Waals surface area contributed by atoms with Gasteiger partial charge >= 0.3 is 7.12 Å². The number of hydrogen-bond acceptors (Lipinski definition) is 4. The van der Waals surface area contributed by atoms with Crippen molar-refractivity contribution in [1.29, 1.82) is 0 Å². The van der Waals surface area contributed by atoms with Gasteiger partial charge in [-0.2, -0.15) is 0 Å². The Labute approximate surface area is 80.1 Å². The minimum Gasteiger partial charge on any atom is -0.497 e. The van der Waals surface area contributed by atoms with E-state index < -0.39 is 18.4 Å². The number of benzene rings is 1. The summed E-state index contributed by atoms with van der Waals surface area (Å²) in [7, 11) is -0.744. The highest BCUT2D eigenvalue weighted by Gasteiger charge is 2.24. The van der Waals surface area contributed by atoms with Gasteiger partial charge in [0.2, 0.25) is 0 Å². The first-order valence-electron chi connectivity index (χ1n) is 3.79. The number of carbonyl (C=O) groups is 1. The fourth-order valence-electron chi connectivity index (χ4n) is 1.10. The van der Waals surface area contributed by atoms with Crippen LogP contribution in [0.15, 0.2) is 12.1 Å². The fraction of sp³-hybridized carbons (Fsp3) is 0.125. The van der Waals surface area contributed by atoms with E-state index in [1.54, 1.807) is 0 Å². The standard InChI is InChI=1S/C8H8BFO4/c1-14-6-3-2-5(4-11)8(10)7(6)9(12)13/h2-4,12-13H,1H3. The molecule has 74 valence electrons. The molecule has 14 heavy (non-hydrogen) atoms. The Morgan fingerprint density at radius 2 is 2.14 bits per heavy atom. The quantitative estimate of drug-likeness (QED) is 0.499. The van der Waals surface area contributed by atoms with E-state index >= 15 is 0 Å². The van der Waals surface area contributed by atoms with Crippen LogP contribution in [0.5, 0.6) is 5.75 Å². The molecule has 0 aliphatic heterocycles. The molecule has 6 heteroatoms. The van der Waals surface area contributed by atoms with Crippen LogP contribution < -0.4 is 10.2 Å². The maximum Gasteiger partial charge on any atom is 0.495 e. The van der Waals surface area contributed by atoms with Crippen LogP contribution in [0, 0.1) is 5.82 Å². The minimum absolute atomic E-state index is 0.0110. The van der Waals surface area contributed by atoms with Gasteiger partial charge in [0.25, 0.3) is 0 Å². The molecule has 0 fully saturated rings. The Morgan fingerprint density at radius 1 is 1.50 bits per heavy atom. The fourth-order valence-corrected chi connectivity index (χ4v) is 1.10. The number of hydrogen-bond donors (Lipinski definition) is 2. The Bertz CT molecular complexity index is 353. The van der Waals surface area contributed by atoms with Crippen LogP contribution in [-0.4, -0.2) is 30.6 Å². The van der Waals surface area contributed by atoms with E-state index in [0.29, 0.717) is 6.29 Å². The predicted octanol–water partition coefficient (Wildman–Crippen LogP) is -0.673. The van der Waals surface area contributed by atoms with Crippen molar-refractivity contribution in [3.8, 4) is 5.75 Å². The molecular weight excluding hydrogens is 190 g/mol. The second-order valence-corrected chi connectivity index (χ2v) is 2.58. The van der Waals surface area contributed by atoms with E-state index in [-0.39, 0.29) is 11.3 Å². The summed E-state index contributed by atoms with van der Waals surface area (Å²) in [4.78, 5) is 10.4. The van der Waals surface area contributed by atoms with Gasteiger partial charge in [0.05, 0.1) is 12.6 Å². The average Bonchev–Trinajstić information content (AvgIpc) is 2.16. The molecule has 4 nitrogen and oxygen atoms in total. The largest absolute Gasteiger partial charge is 0.497 e. The highest BCUT2D eigenvalue weighted by Crippen LogP contribution is 2.13. The number of aldehydes is 1. The second kappa shape index (κ2) is 4.21. The molecule has 0 bridgehead atoms. The van der Waals surface area contributed by atoms with E-state index in [4.69, 9.17) is 14.8 Å². The van der Waals surface area contributed by atoms with Gasteiger partial charge in [0.15, 0.2) is 6.29 Å². The smallest absolute Gasteiger partial charge is 0.495 e. The van der Waals surface area contributed by atoms with Gasteiger partial charge in [-0.1, -0.05) is 0 Å². The first kappa shape index (κ1) is 10.7. The molecule has 1 aromatic rings. The Balaban J connectivity index is 3.38.